The summed E-state index contributed by atoms with van der Waals surface area (Å²) in [5.74, 6) is 11.1. The van der Waals surface area contributed by atoms with E-state index in [1.165, 1.54) is 0 Å². The lowest BCUT2D eigenvalue weighted by molar-refractivity contribution is 0.0955. The number of nitrogens with two attached hydrogens (primary N) is 1. The largest absolute Gasteiger partial charge is 0.290 e. The molecular weight excluding hydrogens is 462 g/mol. The van der Waals surface area contributed by atoms with E-state index in [9.17, 15) is 13.2 Å². The maximum absolute atomic E-state index is 12.3. The normalized spacial score (nSPS) is 11.1. The molecule has 176 valence electrons. The number of sulfonamides is 1. The van der Waals surface area contributed by atoms with Crippen LogP contribution in [0.2, 0.25) is 0 Å². The van der Waals surface area contributed by atoms with E-state index < -0.39 is 21.2 Å². The first-order valence-corrected chi connectivity index (χ1v) is 12.3. The minimum atomic E-state index is -3.39. The monoisotopic (exact) mass is 485 g/mol. The third-order valence-corrected chi connectivity index (χ3v) is 7.04. The lowest BCUT2D eigenvalue weighted by Gasteiger charge is -2.10. The Morgan fingerprint density at radius 2 is 1.60 bits per heavy atom. The fourth-order valence-electron chi connectivity index (χ4n) is 3.25. The number of pyridine rings is 2. The van der Waals surface area contributed by atoms with Crippen molar-refractivity contribution in [2.75, 3.05) is 4.72 Å². The van der Waals surface area contributed by atoms with Crippen LogP contribution in [-0.4, -0.2) is 29.5 Å². The van der Waals surface area contributed by atoms with Crippen LogP contribution in [0.4, 0.5) is 5.69 Å². The third kappa shape index (κ3) is 5.46. The number of hydrazine groups is 1. The first-order chi connectivity index (χ1) is 16.8. The van der Waals surface area contributed by atoms with Gasteiger partial charge in [-0.15, -0.1) is 0 Å². The molecule has 4 N–H and O–H groups in total. The number of anilines is 1. The average Bonchev–Trinajstić information content (AvgIpc) is 2.87. The smallest absolute Gasteiger partial charge is 0.265 e. The number of nitrogens with one attached hydrogen (secondary N) is 2. The summed E-state index contributed by atoms with van der Waals surface area (Å²) >= 11 is 0. The van der Waals surface area contributed by atoms with E-state index in [0.29, 0.717) is 27.8 Å². The molecule has 0 radical (unpaired) electrons. The van der Waals surface area contributed by atoms with Gasteiger partial charge in [0, 0.05) is 40.2 Å². The van der Waals surface area contributed by atoms with E-state index in [1.54, 1.807) is 62.6 Å². The summed E-state index contributed by atoms with van der Waals surface area (Å²) in [6, 6.07) is 17.8. The van der Waals surface area contributed by atoms with Gasteiger partial charge in [-0.25, -0.2) is 19.2 Å². The Labute approximate surface area is 203 Å². The fraction of sp³-hybridized carbons (Fsp3) is 0.115. The number of fused-ring (bicyclic) bond motifs is 1. The first-order valence-electron chi connectivity index (χ1n) is 10.8. The van der Waals surface area contributed by atoms with Crippen LogP contribution in [-0.2, 0) is 10.0 Å². The summed E-state index contributed by atoms with van der Waals surface area (Å²) in [6.45, 7) is 3.24. The van der Waals surface area contributed by atoms with E-state index in [1.807, 2.05) is 24.3 Å². The SMILES string of the molecule is CC(C)S(=O)(=O)Nc1ccc(C#Cc2ccc(-c3cc(C(=O)NN)c4cnccc4n3)cc2)cc1. The van der Waals surface area contributed by atoms with Gasteiger partial charge in [0.15, 0.2) is 0 Å². The van der Waals surface area contributed by atoms with Crippen molar-refractivity contribution in [2.45, 2.75) is 19.1 Å². The molecule has 9 heteroatoms. The van der Waals surface area contributed by atoms with Crippen molar-refractivity contribution in [3.05, 3.63) is 89.7 Å². The number of nitrogen functional groups attached to an aromatic ring is 1. The van der Waals surface area contributed by atoms with Gasteiger partial charge in [-0.2, -0.15) is 0 Å². The second kappa shape index (κ2) is 9.93. The van der Waals surface area contributed by atoms with E-state index >= 15 is 0 Å². The van der Waals surface area contributed by atoms with Crippen molar-refractivity contribution in [1.29, 1.82) is 0 Å². The molecule has 4 aromatic rings. The van der Waals surface area contributed by atoms with Crippen LogP contribution >= 0.6 is 0 Å². The predicted molar refractivity (Wildman–Crippen MR) is 137 cm³/mol. The number of hydrogen-bond acceptors (Lipinski definition) is 6. The highest BCUT2D eigenvalue weighted by Gasteiger charge is 2.15. The van der Waals surface area contributed by atoms with Gasteiger partial charge in [0.05, 0.1) is 22.0 Å². The Hall–Kier alpha value is -4.26. The summed E-state index contributed by atoms with van der Waals surface area (Å²) in [6.07, 6.45) is 3.20. The summed E-state index contributed by atoms with van der Waals surface area (Å²) in [4.78, 5) is 21.0. The molecule has 2 heterocycles. The van der Waals surface area contributed by atoms with Crippen molar-refractivity contribution in [1.82, 2.24) is 15.4 Å². The Balaban J connectivity index is 1.55. The molecule has 0 fully saturated rings. The minimum Gasteiger partial charge on any atom is -0.290 e. The van der Waals surface area contributed by atoms with Crippen LogP contribution in [0, 0.1) is 11.8 Å². The first kappa shape index (κ1) is 23.9. The molecule has 0 bridgehead atoms. The molecule has 4 rings (SSSR count). The van der Waals surface area contributed by atoms with E-state index in [-0.39, 0.29) is 0 Å². The zero-order valence-corrected chi connectivity index (χ0v) is 19.9. The van der Waals surface area contributed by atoms with Gasteiger partial charge in [0.25, 0.3) is 5.91 Å². The molecule has 0 saturated heterocycles. The van der Waals surface area contributed by atoms with Crippen LogP contribution in [0.25, 0.3) is 22.2 Å². The highest BCUT2D eigenvalue weighted by atomic mass is 32.2. The van der Waals surface area contributed by atoms with Crippen molar-refractivity contribution < 1.29 is 13.2 Å². The molecule has 35 heavy (non-hydrogen) atoms. The topological polar surface area (TPSA) is 127 Å². The van der Waals surface area contributed by atoms with Gasteiger partial charge in [-0.05, 0) is 62.4 Å². The molecule has 0 spiro atoms. The highest BCUT2D eigenvalue weighted by Crippen LogP contribution is 2.24. The average molecular weight is 486 g/mol. The van der Waals surface area contributed by atoms with Gasteiger partial charge in [0.1, 0.15) is 0 Å². The van der Waals surface area contributed by atoms with Gasteiger partial charge in [0.2, 0.25) is 10.0 Å². The van der Waals surface area contributed by atoms with Crippen molar-refractivity contribution in [3.63, 3.8) is 0 Å². The van der Waals surface area contributed by atoms with Crippen LogP contribution in [0.1, 0.15) is 35.3 Å². The fourth-order valence-corrected chi connectivity index (χ4v) is 3.95. The van der Waals surface area contributed by atoms with E-state index in [0.717, 1.165) is 16.7 Å². The number of benzene rings is 2. The Kier molecular flexibility index (Phi) is 6.78. The summed E-state index contributed by atoms with van der Waals surface area (Å²) in [5.41, 5.74) is 6.69. The minimum absolute atomic E-state index is 0.392. The van der Waals surface area contributed by atoms with Crippen molar-refractivity contribution >= 4 is 32.5 Å². The summed E-state index contributed by atoms with van der Waals surface area (Å²) in [5, 5.41) is 0.0980. The van der Waals surface area contributed by atoms with Crippen LogP contribution in [0.3, 0.4) is 0 Å². The number of nitrogens with zero attached hydrogens (tertiary/aromatic N) is 2. The number of hydrogen-bond donors (Lipinski definition) is 3. The predicted octanol–water partition coefficient (Wildman–Crippen LogP) is 3.45. The molecule has 2 aromatic heterocycles. The second-order valence-electron chi connectivity index (χ2n) is 8.02. The lowest BCUT2D eigenvalue weighted by atomic mass is 10.0. The molecule has 0 aliphatic heterocycles. The molecule has 1 amide bonds. The maximum atomic E-state index is 12.3. The number of amides is 1. The molecule has 0 aliphatic carbocycles. The Bertz CT molecular complexity index is 1550. The summed E-state index contributed by atoms with van der Waals surface area (Å²) < 4.78 is 26.5. The van der Waals surface area contributed by atoms with E-state index in [4.69, 9.17) is 5.84 Å². The molecule has 0 aliphatic rings. The van der Waals surface area contributed by atoms with Crippen LogP contribution in [0.15, 0.2) is 73.1 Å². The quantitative estimate of drug-likeness (QED) is 0.172. The lowest BCUT2D eigenvalue weighted by Crippen LogP contribution is -2.30. The summed E-state index contributed by atoms with van der Waals surface area (Å²) in [7, 11) is -3.39. The molecular formula is C26H23N5O3S. The zero-order valence-electron chi connectivity index (χ0n) is 19.1. The number of carbonyl (C=O) groups excluding carboxylic acids is 1. The zero-order chi connectivity index (χ0) is 25.0. The Morgan fingerprint density at radius 1 is 0.971 bits per heavy atom. The highest BCUT2D eigenvalue weighted by molar-refractivity contribution is 7.93. The molecule has 8 nitrogen and oxygen atoms in total. The molecule has 0 unspecified atom stereocenters. The van der Waals surface area contributed by atoms with Gasteiger partial charge >= 0.3 is 0 Å². The molecule has 2 aromatic carbocycles. The number of rotatable bonds is 5. The Morgan fingerprint density at radius 3 is 2.20 bits per heavy atom. The molecule has 0 atom stereocenters. The number of carbonyl (C=O) groups is 1. The maximum Gasteiger partial charge on any atom is 0.265 e. The van der Waals surface area contributed by atoms with Crippen LogP contribution < -0.4 is 16.0 Å². The van der Waals surface area contributed by atoms with Crippen molar-refractivity contribution in [3.8, 4) is 23.1 Å². The van der Waals surface area contributed by atoms with Gasteiger partial charge in [-0.3, -0.25) is 19.9 Å². The van der Waals surface area contributed by atoms with Gasteiger partial charge < -0.3 is 0 Å². The number of aromatic nitrogens is 2. The molecule has 0 saturated carbocycles. The third-order valence-electron chi connectivity index (χ3n) is 5.28. The second-order valence-corrected chi connectivity index (χ2v) is 10.3. The van der Waals surface area contributed by atoms with Crippen molar-refractivity contribution in [2.24, 2.45) is 5.84 Å². The van der Waals surface area contributed by atoms with Crippen LogP contribution in [0.5, 0.6) is 0 Å². The van der Waals surface area contributed by atoms with E-state index in [2.05, 4.69) is 32.0 Å². The van der Waals surface area contributed by atoms with Gasteiger partial charge in [-0.1, -0.05) is 24.0 Å². The standard InChI is InChI=1S/C26H23N5O3S/c1-17(2)35(33,34)31-21-11-7-19(8-12-21)4-3-18-5-9-20(10-6-18)25-15-22(26(32)30-27)23-16-28-14-13-24(23)29-25/h5-17,31H,27H2,1-2H3,(H,30,32).